The van der Waals surface area contributed by atoms with Crippen LogP contribution in [0.3, 0.4) is 0 Å². The van der Waals surface area contributed by atoms with Crippen molar-refractivity contribution < 1.29 is 4.74 Å². The third-order valence-electron chi connectivity index (χ3n) is 4.79. The van der Waals surface area contributed by atoms with E-state index in [9.17, 15) is 0 Å². The van der Waals surface area contributed by atoms with Crippen molar-refractivity contribution in [1.82, 2.24) is 25.4 Å². The molecule has 0 saturated carbocycles. The Morgan fingerprint density at radius 2 is 2.04 bits per heavy atom. The van der Waals surface area contributed by atoms with E-state index in [1.54, 1.807) is 7.05 Å². The molecule has 1 aromatic carbocycles. The van der Waals surface area contributed by atoms with E-state index in [-0.39, 0.29) is 0 Å². The number of nitrogens with one attached hydrogen (secondary N) is 2. The highest BCUT2D eigenvalue weighted by Crippen LogP contribution is 2.20. The molecule has 0 aliphatic carbocycles. The lowest BCUT2D eigenvalue weighted by Gasteiger charge is -2.15. The fraction of sp³-hybridized carbons (Fsp3) is 0.550. The number of rotatable bonds is 6. The molecule has 1 aliphatic heterocycles. The topological polar surface area (TPSA) is 76.4 Å². The van der Waals surface area contributed by atoms with Crippen LogP contribution in [0.1, 0.15) is 49.0 Å². The van der Waals surface area contributed by atoms with E-state index in [0.717, 1.165) is 41.9 Å². The molecular formula is C20H30N6O. The van der Waals surface area contributed by atoms with E-state index in [1.807, 2.05) is 6.92 Å². The van der Waals surface area contributed by atoms with Crippen LogP contribution < -0.4 is 15.4 Å². The van der Waals surface area contributed by atoms with Gasteiger partial charge in [0.1, 0.15) is 11.6 Å². The Morgan fingerprint density at radius 1 is 1.19 bits per heavy atom. The molecule has 1 aromatic heterocycles. The number of aryl methyl sites for hydroxylation is 2. The molecular weight excluding hydrogens is 340 g/mol. The molecule has 0 fully saturated rings. The Kier molecular flexibility index (Phi) is 6.68. The largest absolute Gasteiger partial charge is 0.494 e. The van der Waals surface area contributed by atoms with E-state index in [2.05, 4.69) is 55.5 Å². The van der Waals surface area contributed by atoms with Gasteiger partial charge in [-0.2, -0.15) is 0 Å². The number of aliphatic imine (C=N–C) groups is 1. The predicted molar refractivity (Wildman–Crippen MR) is 107 cm³/mol. The number of aromatic nitrogens is 3. The van der Waals surface area contributed by atoms with Crippen LogP contribution in [0, 0.1) is 6.92 Å². The minimum atomic E-state index is 0.610. The average molecular weight is 371 g/mol. The van der Waals surface area contributed by atoms with Gasteiger partial charge in [0.05, 0.1) is 13.2 Å². The number of fused-ring (bicyclic) bond motifs is 1. The molecule has 7 heteroatoms. The Balaban J connectivity index is 1.59. The summed E-state index contributed by atoms with van der Waals surface area (Å²) in [6.07, 6.45) is 4.68. The summed E-state index contributed by atoms with van der Waals surface area (Å²) in [5.41, 5.74) is 2.30. The first kappa shape index (κ1) is 19.2. The zero-order valence-electron chi connectivity index (χ0n) is 16.6. The molecule has 0 saturated heterocycles. The van der Waals surface area contributed by atoms with Gasteiger partial charge in [-0.3, -0.25) is 4.99 Å². The van der Waals surface area contributed by atoms with Crippen molar-refractivity contribution in [3.05, 3.63) is 41.0 Å². The Hall–Kier alpha value is -2.57. The second-order valence-electron chi connectivity index (χ2n) is 6.82. The van der Waals surface area contributed by atoms with Crippen LogP contribution in [-0.4, -0.2) is 34.4 Å². The van der Waals surface area contributed by atoms with Gasteiger partial charge in [0.15, 0.2) is 11.8 Å². The van der Waals surface area contributed by atoms with Crippen molar-refractivity contribution >= 4 is 5.96 Å². The fourth-order valence-corrected chi connectivity index (χ4v) is 3.34. The van der Waals surface area contributed by atoms with Crippen LogP contribution in [0.15, 0.2) is 23.2 Å². The lowest BCUT2D eigenvalue weighted by Crippen LogP contribution is -2.37. The van der Waals surface area contributed by atoms with Gasteiger partial charge in [-0.25, -0.2) is 0 Å². The number of hydrogen-bond donors (Lipinski definition) is 2. The van der Waals surface area contributed by atoms with Crippen LogP contribution in [0.4, 0.5) is 0 Å². The smallest absolute Gasteiger partial charge is 0.191 e. The molecule has 2 N–H and O–H groups in total. The monoisotopic (exact) mass is 370 g/mol. The molecule has 0 atom stereocenters. The Labute approximate surface area is 161 Å². The van der Waals surface area contributed by atoms with Gasteiger partial charge in [-0.05, 0) is 38.3 Å². The second-order valence-corrected chi connectivity index (χ2v) is 6.82. The van der Waals surface area contributed by atoms with Crippen molar-refractivity contribution in [1.29, 1.82) is 0 Å². The molecule has 0 radical (unpaired) electrons. The normalized spacial score (nSPS) is 14.4. The highest BCUT2D eigenvalue weighted by molar-refractivity contribution is 5.79. The highest BCUT2D eigenvalue weighted by atomic mass is 16.5. The van der Waals surface area contributed by atoms with Crippen LogP contribution >= 0.6 is 0 Å². The van der Waals surface area contributed by atoms with Gasteiger partial charge in [0.25, 0.3) is 0 Å². The molecule has 7 nitrogen and oxygen atoms in total. The SMILES string of the molecule is CCOc1cc(C)ccc1CNC(=NC)NCc1nnc2n1CCCCC2. The molecule has 2 heterocycles. The maximum atomic E-state index is 5.75. The molecule has 27 heavy (non-hydrogen) atoms. The summed E-state index contributed by atoms with van der Waals surface area (Å²) in [6, 6.07) is 6.27. The lowest BCUT2D eigenvalue weighted by atomic mass is 10.1. The number of guanidine groups is 1. The number of ether oxygens (including phenoxy) is 1. The van der Waals surface area contributed by atoms with Crippen molar-refractivity contribution in [2.75, 3.05) is 13.7 Å². The predicted octanol–water partition coefficient (Wildman–Crippen LogP) is 2.58. The summed E-state index contributed by atoms with van der Waals surface area (Å²) < 4.78 is 8.01. The number of nitrogens with zero attached hydrogens (tertiary/aromatic N) is 4. The molecule has 1 aliphatic rings. The second kappa shape index (κ2) is 9.39. The van der Waals surface area contributed by atoms with E-state index in [0.29, 0.717) is 19.7 Å². The molecule has 3 rings (SSSR count). The van der Waals surface area contributed by atoms with E-state index in [4.69, 9.17) is 4.74 Å². The molecule has 0 spiro atoms. The summed E-state index contributed by atoms with van der Waals surface area (Å²) >= 11 is 0. The van der Waals surface area contributed by atoms with Crippen molar-refractivity contribution in [3.63, 3.8) is 0 Å². The van der Waals surface area contributed by atoms with Crippen molar-refractivity contribution in [3.8, 4) is 5.75 Å². The van der Waals surface area contributed by atoms with Crippen LogP contribution in [0.5, 0.6) is 5.75 Å². The van der Waals surface area contributed by atoms with Crippen LogP contribution in [0.2, 0.25) is 0 Å². The van der Waals surface area contributed by atoms with E-state index in [1.165, 1.54) is 24.8 Å². The van der Waals surface area contributed by atoms with Gasteiger partial charge >= 0.3 is 0 Å². The maximum Gasteiger partial charge on any atom is 0.191 e. The van der Waals surface area contributed by atoms with Crippen molar-refractivity contribution in [2.45, 2.75) is 59.2 Å². The quantitative estimate of drug-likeness (QED) is 0.604. The molecule has 0 unspecified atom stereocenters. The number of benzene rings is 1. The number of hydrogen-bond acceptors (Lipinski definition) is 4. The van der Waals surface area contributed by atoms with Crippen molar-refractivity contribution in [2.24, 2.45) is 4.99 Å². The summed E-state index contributed by atoms with van der Waals surface area (Å²) in [4.78, 5) is 4.32. The van der Waals surface area contributed by atoms with Crippen LogP contribution in [-0.2, 0) is 26.1 Å². The van der Waals surface area contributed by atoms with Crippen LogP contribution in [0.25, 0.3) is 0 Å². The molecule has 0 amide bonds. The summed E-state index contributed by atoms with van der Waals surface area (Å²) in [5, 5.41) is 15.4. The summed E-state index contributed by atoms with van der Waals surface area (Å²) in [6.45, 7) is 6.99. The summed E-state index contributed by atoms with van der Waals surface area (Å²) in [5.74, 6) is 3.74. The first-order chi connectivity index (χ1) is 13.2. The minimum absolute atomic E-state index is 0.610. The summed E-state index contributed by atoms with van der Waals surface area (Å²) in [7, 11) is 1.78. The highest BCUT2D eigenvalue weighted by Gasteiger charge is 2.14. The molecule has 2 aromatic rings. The van der Waals surface area contributed by atoms with Gasteiger partial charge in [0.2, 0.25) is 0 Å². The zero-order valence-corrected chi connectivity index (χ0v) is 16.6. The standard InChI is InChI=1S/C20H30N6O/c1-4-27-17-12-15(2)9-10-16(17)13-22-20(21-3)23-14-19-25-24-18-8-6-5-7-11-26(18)19/h9-10,12H,4-8,11,13-14H2,1-3H3,(H2,21,22,23). The zero-order chi connectivity index (χ0) is 19.1. The van der Waals surface area contributed by atoms with E-state index < -0.39 is 0 Å². The third-order valence-corrected chi connectivity index (χ3v) is 4.79. The molecule has 0 bridgehead atoms. The van der Waals surface area contributed by atoms with Gasteiger partial charge in [0, 0.05) is 32.1 Å². The first-order valence-electron chi connectivity index (χ1n) is 9.79. The first-order valence-corrected chi connectivity index (χ1v) is 9.79. The maximum absolute atomic E-state index is 5.75. The van der Waals surface area contributed by atoms with Gasteiger partial charge in [-0.15, -0.1) is 10.2 Å². The van der Waals surface area contributed by atoms with Gasteiger partial charge < -0.3 is 19.9 Å². The average Bonchev–Trinajstić information content (AvgIpc) is 2.90. The lowest BCUT2D eigenvalue weighted by molar-refractivity contribution is 0.336. The van der Waals surface area contributed by atoms with E-state index >= 15 is 0 Å². The van der Waals surface area contributed by atoms with Gasteiger partial charge in [-0.1, -0.05) is 18.6 Å². The Bertz CT molecular complexity index is 783. The Morgan fingerprint density at radius 3 is 2.85 bits per heavy atom. The third kappa shape index (κ3) is 4.99. The minimum Gasteiger partial charge on any atom is -0.494 e. The fourth-order valence-electron chi connectivity index (χ4n) is 3.34. The molecule has 146 valence electrons.